The van der Waals surface area contributed by atoms with Crippen molar-refractivity contribution in [2.24, 2.45) is 16.8 Å². The first-order chi connectivity index (χ1) is 9.17. The van der Waals surface area contributed by atoms with Crippen LogP contribution in [0.25, 0.3) is 0 Å². The first-order valence-electron chi connectivity index (χ1n) is 7.72. The largest absolute Gasteiger partial charge is 0.380 e. The fraction of sp³-hybridized carbons (Fsp3) is 0.933. The SMILES string of the molecule is CCOCCNC(=NC)NC1CCC(C(C)C)CC1. The summed E-state index contributed by atoms with van der Waals surface area (Å²) in [5.74, 6) is 2.64. The van der Waals surface area contributed by atoms with Crippen molar-refractivity contribution in [3.8, 4) is 0 Å². The molecule has 0 saturated heterocycles. The van der Waals surface area contributed by atoms with E-state index < -0.39 is 0 Å². The molecule has 0 atom stereocenters. The molecule has 112 valence electrons. The lowest BCUT2D eigenvalue weighted by Gasteiger charge is -2.32. The summed E-state index contributed by atoms with van der Waals surface area (Å²) in [4.78, 5) is 4.27. The van der Waals surface area contributed by atoms with E-state index in [4.69, 9.17) is 4.74 Å². The van der Waals surface area contributed by atoms with E-state index in [0.29, 0.717) is 6.04 Å². The molecule has 0 amide bonds. The number of ether oxygens (including phenoxy) is 1. The van der Waals surface area contributed by atoms with Crippen LogP contribution in [0.15, 0.2) is 4.99 Å². The molecule has 19 heavy (non-hydrogen) atoms. The van der Waals surface area contributed by atoms with Gasteiger partial charge >= 0.3 is 0 Å². The van der Waals surface area contributed by atoms with Crippen LogP contribution in [-0.4, -0.2) is 38.8 Å². The lowest BCUT2D eigenvalue weighted by molar-refractivity contribution is 0.152. The van der Waals surface area contributed by atoms with E-state index in [9.17, 15) is 0 Å². The van der Waals surface area contributed by atoms with E-state index in [1.165, 1.54) is 25.7 Å². The van der Waals surface area contributed by atoms with E-state index in [2.05, 4.69) is 29.5 Å². The van der Waals surface area contributed by atoms with E-state index >= 15 is 0 Å². The van der Waals surface area contributed by atoms with Crippen molar-refractivity contribution >= 4 is 5.96 Å². The van der Waals surface area contributed by atoms with Crippen LogP contribution >= 0.6 is 0 Å². The summed E-state index contributed by atoms with van der Waals surface area (Å²) in [6.07, 6.45) is 5.20. The molecule has 0 aromatic heterocycles. The van der Waals surface area contributed by atoms with Crippen molar-refractivity contribution in [2.75, 3.05) is 26.8 Å². The van der Waals surface area contributed by atoms with Crippen LogP contribution in [0.3, 0.4) is 0 Å². The molecule has 4 nitrogen and oxygen atoms in total. The van der Waals surface area contributed by atoms with Crippen molar-refractivity contribution in [2.45, 2.75) is 52.5 Å². The summed E-state index contributed by atoms with van der Waals surface area (Å²) in [7, 11) is 1.83. The molecule has 0 heterocycles. The Bertz CT molecular complexity index is 258. The third kappa shape index (κ3) is 6.28. The van der Waals surface area contributed by atoms with Gasteiger partial charge in [0.25, 0.3) is 0 Å². The van der Waals surface area contributed by atoms with E-state index in [-0.39, 0.29) is 0 Å². The van der Waals surface area contributed by atoms with Crippen LogP contribution < -0.4 is 10.6 Å². The van der Waals surface area contributed by atoms with Crippen LogP contribution in [0.5, 0.6) is 0 Å². The van der Waals surface area contributed by atoms with Crippen molar-refractivity contribution in [1.82, 2.24) is 10.6 Å². The molecule has 0 aliphatic heterocycles. The van der Waals surface area contributed by atoms with Crippen LogP contribution in [0.4, 0.5) is 0 Å². The summed E-state index contributed by atoms with van der Waals surface area (Å²) in [5.41, 5.74) is 0. The fourth-order valence-electron chi connectivity index (χ4n) is 2.70. The Balaban J connectivity index is 2.22. The molecular formula is C15H31N3O. The van der Waals surface area contributed by atoms with Crippen LogP contribution in [-0.2, 0) is 4.74 Å². The summed E-state index contributed by atoms with van der Waals surface area (Å²) >= 11 is 0. The minimum atomic E-state index is 0.577. The highest BCUT2D eigenvalue weighted by atomic mass is 16.5. The average molecular weight is 269 g/mol. The molecule has 1 rings (SSSR count). The van der Waals surface area contributed by atoms with Gasteiger partial charge in [0.2, 0.25) is 0 Å². The van der Waals surface area contributed by atoms with Crippen molar-refractivity contribution in [3.63, 3.8) is 0 Å². The molecule has 0 unspecified atom stereocenters. The highest BCUT2D eigenvalue weighted by molar-refractivity contribution is 5.79. The molecule has 0 radical (unpaired) electrons. The Labute approximate surface area is 118 Å². The monoisotopic (exact) mass is 269 g/mol. The topological polar surface area (TPSA) is 45.6 Å². The first-order valence-corrected chi connectivity index (χ1v) is 7.72. The van der Waals surface area contributed by atoms with E-state index in [1.54, 1.807) is 0 Å². The standard InChI is InChI=1S/C15H31N3O/c1-5-19-11-10-17-15(16-4)18-14-8-6-13(7-9-14)12(2)3/h12-14H,5-11H2,1-4H3,(H2,16,17,18). The van der Waals surface area contributed by atoms with Gasteiger partial charge in [-0.2, -0.15) is 0 Å². The Morgan fingerprint density at radius 2 is 1.95 bits per heavy atom. The van der Waals surface area contributed by atoms with Gasteiger partial charge in [0.1, 0.15) is 0 Å². The first kappa shape index (κ1) is 16.3. The van der Waals surface area contributed by atoms with Crippen molar-refractivity contribution in [1.29, 1.82) is 0 Å². The Morgan fingerprint density at radius 1 is 1.26 bits per heavy atom. The second-order valence-electron chi connectivity index (χ2n) is 5.70. The smallest absolute Gasteiger partial charge is 0.191 e. The molecule has 0 bridgehead atoms. The maximum atomic E-state index is 5.31. The molecule has 1 fully saturated rings. The van der Waals surface area contributed by atoms with E-state index in [0.717, 1.165) is 37.6 Å². The molecule has 1 aliphatic carbocycles. The zero-order chi connectivity index (χ0) is 14.1. The summed E-state index contributed by atoms with van der Waals surface area (Å²) in [6.45, 7) is 9.01. The quantitative estimate of drug-likeness (QED) is 0.442. The minimum Gasteiger partial charge on any atom is -0.380 e. The normalized spacial score (nSPS) is 24.6. The number of rotatable bonds is 6. The number of hydrogen-bond acceptors (Lipinski definition) is 2. The number of nitrogens with zero attached hydrogens (tertiary/aromatic N) is 1. The van der Waals surface area contributed by atoms with Gasteiger partial charge in [-0.15, -0.1) is 0 Å². The summed E-state index contributed by atoms with van der Waals surface area (Å²) in [5, 5.41) is 6.82. The van der Waals surface area contributed by atoms with Crippen molar-refractivity contribution in [3.05, 3.63) is 0 Å². The highest BCUT2D eigenvalue weighted by Gasteiger charge is 2.23. The second-order valence-corrected chi connectivity index (χ2v) is 5.70. The molecule has 0 aromatic rings. The number of aliphatic imine (C=N–C) groups is 1. The van der Waals surface area contributed by atoms with Gasteiger partial charge in [-0.3, -0.25) is 4.99 Å². The number of hydrogen-bond donors (Lipinski definition) is 2. The minimum absolute atomic E-state index is 0.577. The van der Waals surface area contributed by atoms with Gasteiger partial charge in [-0.1, -0.05) is 13.8 Å². The lowest BCUT2D eigenvalue weighted by Crippen LogP contribution is -2.45. The molecule has 0 aromatic carbocycles. The molecule has 0 spiro atoms. The zero-order valence-electron chi connectivity index (χ0n) is 13.0. The predicted molar refractivity (Wildman–Crippen MR) is 81.6 cm³/mol. The third-order valence-electron chi connectivity index (χ3n) is 4.02. The van der Waals surface area contributed by atoms with Gasteiger partial charge in [0, 0.05) is 26.2 Å². The fourth-order valence-corrected chi connectivity index (χ4v) is 2.70. The number of guanidine groups is 1. The predicted octanol–water partition coefficient (Wildman–Crippen LogP) is 2.40. The van der Waals surface area contributed by atoms with Gasteiger partial charge < -0.3 is 15.4 Å². The number of nitrogens with one attached hydrogen (secondary N) is 2. The lowest BCUT2D eigenvalue weighted by atomic mass is 9.80. The zero-order valence-corrected chi connectivity index (χ0v) is 13.0. The van der Waals surface area contributed by atoms with Crippen molar-refractivity contribution < 1.29 is 4.74 Å². The summed E-state index contributed by atoms with van der Waals surface area (Å²) in [6, 6.07) is 0.577. The maximum Gasteiger partial charge on any atom is 0.191 e. The Morgan fingerprint density at radius 3 is 2.47 bits per heavy atom. The molecule has 1 saturated carbocycles. The van der Waals surface area contributed by atoms with Crippen LogP contribution in [0.2, 0.25) is 0 Å². The Hall–Kier alpha value is -0.770. The molecular weight excluding hydrogens is 238 g/mol. The highest BCUT2D eigenvalue weighted by Crippen LogP contribution is 2.29. The average Bonchev–Trinajstić information content (AvgIpc) is 2.42. The molecule has 2 N–H and O–H groups in total. The maximum absolute atomic E-state index is 5.31. The van der Waals surface area contributed by atoms with Crippen LogP contribution in [0, 0.1) is 11.8 Å². The second kappa shape index (κ2) is 9.18. The van der Waals surface area contributed by atoms with Crippen LogP contribution in [0.1, 0.15) is 46.5 Å². The van der Waals surface area contributed by atoms with Gasteiger partial charge in [0.15, 0.2) is 5.96 Å². The van der Waals surface area contributed by atoms with Gasteiger partial charge in [-0.05, 0) is 44.4 Å². The van der Waals surface area contributed by atoms with Gasteiger partial charge in [-0.25, -0.2) is 0 Å². The third-order valence-corrected chi connectivity index (χ3v) is 4.02. The molecule has 1 aliphatic rings. The Kier molecular flexibility index (Phi) is 7.87. The summed E-state index contributed by atoms with van der Waals surface area (Å²) < 4.78 is 5.31. The van der Waals surface area contributed by atoms with Gasteiger partial charge in [0.05, 0.1) is 6.61 Å². The molecule has 4 heteroatoms. The van der Waals surface area contributed by atoms with E-state index in [1.807, 2.05) is 14.0 Å².